The van der Waals surface area contributed by atoms with E-state index in [1.165, 1.54) is 6.92 Å². The van der Waals surface area contributed by atoms with Gasteiger partial charge in [0.2, 0.25) is 0 Å². The van der Waals surface area contributed by atoms with E-state index in [0.29, 0.717) is 12.8 Å². The zero-order chi connectivity index (χ0) is 37.5. The van der Waals surface area contributed by atoms with E-state index in [4.69, 9.17) is 47.4 Å². The first-order valence-corrected chi connectivity index (χ1v) is 16.0. The average Bonchev–Trinajstić information content (AvgIpc) is 3.08. The molecule has 0 amide bonds. The quantitative estimate of drug-likeness (QED) is 0.0428. The van der Waals surface area contributed by atoms with E-state index in [1.54, 1.807) is 30.3 Å². The van der Waals surface area contributed by atoms with Crippen molar-refractivity contribution in [3.8, 4) is 0 Å². The monoisotopic (exact) mass is 721 g/mol. The Morgan fingerprint density at radius 1 is 0.843 bits per heavy atom. The largest absolute Gasteiger partial charge is 0.467 e. The van der Waals surface area contributed by atoms with Crippen LogP contribution < -0.4 is 0 Å². The minimum atomic E-state index is -1.79. The minimum Gasteiger partial charge on any atom is -0.467 e. The summed E-state index contributed by atoms with van der Waals surface area (Å²) < 4.78 is 57.4. The lowest BCUT2D eigenvalue weighted by atomic mass is 9.95. The third-order valence-corrected chi connectivity index (χ3v) is 7.50. The smallest absolute Gasteiger partial charge is 0.339 e. The molecule has 10 atom stereocenters. The highest BCUT2D eigenvalue weighted by molar-refractivity contribution is 5.77. The van der Waals surface area contributed by atoms with Crippen molar-refractivity contribution in [2.45, 2.75) is 108 Å². The molecule has 51 heavy (non-hydrogen) atoms. The van der Waals surface area contributed by atoms with Gasteiger partial charge >= 0.3 is 29.8 Å². The number of carbonyl (C=O) groups is 5. The summed E-state index contributed by atoms with van der Waals surface area (Å²) in [6, 6.07) is 7.74. The van der Waals surface area contributed by atoms with Gasteiger partial charge in [-0.1, -0.05) is 41.5 Å². The van der Waals surface area contributed by atoms with Crippen molar-refractivity contribution in [3.63, 3.8) is 0 Å². The van der Waals surface area contributed by atoms with Crippen LogP contribution in [0, 0.1) is 0 Å². The molecule has 2 aliphatic heterocycles. The number of unbranched alkanes of at least 4 members (excludes halogenated alkanes) is 1. The third-order valence-electron chi connectivity index (χ3n) is 7.50. The molecule has 1 aromatic carbocycles. The highest BCUT2D eigenvalue weighted by Gasteiger charge is 2.58. The molecular weight excluding hydrogens is 678 g/mol. The number of allylic oxidation sites excluding steroid dienone is 1. The van der Waals surface area contributed by atoms with Crippen molar-refractivity contribution in [2.75, 3.05) is 20.3 Å². The van der Waals surface area contributed by atoms with Gasteiger partial charge in [0.25, 0.3) is 0 Å². The lowest BCUT2D eigenvalue weighted by Gasteiger charge is -2.48. The van der Waals surface area contributed by atoms with Gasteiger partial charge in [0.1, 0.15) is 31.0 Å². The summed E-state index contributed by atoms with van der Waals surface area (Å²) in [5, 5.41) is 3.92. The molecule has 0 N–H and O–H groups in total. The summed E-state index contributed by atoms with van der Waals surface area (Å²) >= 11 is 0. The molecule has 18 heteroatoms. The Morgan fingerprint density at radius 2 is 1.49 bits per heavy atom. The van der Waals surface area contributed by atoms with Crippen LogP contribution in [-0.4, -0.2) is 112 Å². The summed E-state index contributed by atoms with van der Waals surface area (Å²) in [5.41, 5.74) is 10.3. The first-order valence-electron chi connectivity index (χ1n) is 16.0. The standard InChI is InChI=1S/C33H43N3O15/c1-7-8-12-15-43-32-24(35-36-34)26(45-16-22-13-10-9-11-14-22)25(23(49-32)17-44-18(2)37)50-33-30(48-21(5)40)28(47-20(4)39)27(46-19(3)38)29(51-33)31(41)42-6/h7,9-11,13-14,23-30,32-33H,1,8,12,15-17H2,2-6H3/t23-,24-,25-,26-,27+,28+,29+,30-,32+,33-/m1/s1. The van der Waals surface area contributed by atoms with Crippen LogP contribution in [-0.2, 0) is 77.9 Å². The fourth-order valence-electron chi connectivity index (χ4n) is 5.44. The predicted molar refractivity (Wildman–Crippen MR) is 171 cm³/mol. The first kappa shape index (κ1) is 40.8. The van der Waals surface area contributed by atoms with Crippen LogP contribution in [0.3, 0.4) is 0 Å². The molecule has 1 aromatic rings. The van der Waals surface area contributed by atoms with Crippen molar-refractivity contribution >= 4 is 29.8 Å². The Labute approximate surface area is 294 Å². The van der Waals surface area contributed by atoms with Crippen molar-refractivity contribution in [1.82, 2.24) is 0 Å². The maximum atomic E-state index is 13.0. The summed E-state index contributed by atoms with van der Waals surface area (Å²) in [6.07, 6.45) is -10.8. The van der Waals surface area contributed by atoms with Gasteiger partial charge < -0.3 is 47.4 Å². The molecule has 0 saturated carbocycles. The molecule has 0 bridgehead atoms. The topological polar surface area (TPSA) is 226 Å². The van der Waals surface area contributed by atoms with Crippen LogP contribution in [0.15, 0.2) is 48.1 Å². The molecule has 0 radical (unpaired) electrons. The fraction of sp³-hybridized carbons (Fsp3) is 0.606. The molecule has 280 valence electrons. The van der Waals surface area contributed by atoms with Crippen molar-refractivity contribution in [1.29, 1.82) is 0 Å². The number of azide groups is 1. The number of ether oxygens (including phenoxy) is 10. The van der Waals surface area contributed by atoms with Crippen LogP contribution in [0.25, 0.3) is 10.4 Å². The Bertz CT molecular complexity index is 1400. The summed E-state index contributed by atoms with van der Waals surface area (Å²) in [5.74, 6) is -4.39. The third kappa shape index (κ3) is 12.0. The summed E-state index contributed by atoms with van der Waals surface area (Å²) in [7, 11) is 1.04. The van der Waals surface area contributed by atoms with E-state index in [2.05, 4.69) is 16.6 Å². The van der Waals surface area contributed by atoms with E-state index in [1.807, 2.05) is 6.07 Å². The Kier molecular flexibility index (Phi) is 16.3. The predicted octanol–water partition coefficient (Wildman–Crippen LogP) is 2.60. The van der Waals surface area contributed by atoms with Crippen LogP contribution in [0.4, 0.5) is 0 Å². The first-order chi connectivity index (χ1) is 24.4. The highest BCUT2D eigenvalue weighted by atomic mass is 16.8. The van der Waals surface area contributed by atoms with Gasteiger partial charge in [0, 0.05) is 32.6 Å². The lowest BCUT2D eigenvalue weighted by Crippen LogP contribution is -2.67. The Balaban J connectivity index is 2.15. The number of carbonyl (C=O) groups excluding carboxylic acids is 5. The zero-order valence-electron chi connectivity index (χ0n) is 28.9. The summed E-state index contributed by atoms with van der Waals surface area (Å²) in [4.78, 5) is 64.8. The van der Waals surface area contributed by atoms with Gasteiger partial charge in [0.05, 0.1) is 20.3 Å². The molecule has 18 nitrogen and oxygen atoms in total. The van der Waals surface area contributed by atoms with Crippen molar-refractivity contribution < 1.29 is 71.3 Å². The van der Waals surface area contributed by atoms with Gasteiger partial charge in [-0.3, -0.25) is 19.2 Å². The second-order valence-corrected chi connectivity index (χ2v) is 11.4. The fourth-order valence-corrected chi connectivity index (χ4v) is 5.44. The Morgan fingerprint density at radius 3 is 2.08 bits per heavy atom. The molecule has 0 unspecified atom stereocenters. The maximum Gasteiger partial charge on any atom is 0.339 e. The average molecular weight is 722 g/mol. The number of rotatable bonds is 17. The van der Waals surface area contributed by atoms with Gasteiger partial charge in [-0.15, -0.1) is 6.58 Å². The number of esters is 5. The van der Waals surface area contributed by atoms with Gasteiger partial charge in [0.15, 0.2) is 37.0 Å². The molecule has 0 aromatic heterocycles. The molecule has 0 aliphatic carbocycles. The van der Waals surface area contributed by atoms with E-state index >= 15 is 0 Å². The van der Waals surface area contributed by atoms with Crippen LogP contribution in [0.1, 0.15) is 46.1 Å². The lowest BCUT2D eigenvalue weighted by molar-refractivity contribution is -0.347. The van der Waals surface area contributed by atoms with E-state index < -0.39 is 97.8 Å². The molecule has 2 saturated heterocycles. The molecule has 2 aliphatic rings. The SMILES string of the molecule is C=CCCCO[C@H]1O[C@H](COC(C)=O)[C@@H](O[C@@H]2O[C@H](C(=O)OC)[C@@H](OC(C)=O)[C@H](OC(C)=O)[C@H]2OC(C)=O)[C@H](OCc2ccccc2)[C@H]1N=[N+]=[N-]. The number of nitrogens with zero attached hydrogens (tertiary/aromatic N) is 3. The number of hydrogen-bond donors (Lipinski definition) is 0. The summed E-state index contributed by atoms with van der Waals surface area (Å²) in [6.45, 7) is 7.70. The number of benzene rings is 1. The Hall–Kier alpha value is -4.58. The number of hydrogen-bond acceptors (Lipinski definition) is 16. The second-order valence-electron chi connectivity index (χ2n) is 11.4. The highest BCUT2D eigenvalue weighted by Crippen LogP contribution is 2.36. The van der Waals surface area contributed by atoms with Gasteiger partial charge in [-0.05, 0) is 23.9 Å². The van der Waals surface area contributed by atoms with Crippen LogP contribution in [0.5, 0.6) is 0 Å². The minimum absolute atomic E-state index is 0.0411. The zero-order valence-corrected chi connectivity index (χ0v) is 28.9. The number of methoxy groups -OCH3 is 1. The molecular formula is C33H43N3O15. The maximum absolute atomic E-state index is 13.0. The van der Waals surface area contributed by atoms with E-state index in [-0.39, 0.29) is 13.2 Å². The second kappa shape index (κ2) is 20.3. The van der Waals surface area contributed by atoms with Crippen molar-refractivity contribution in [3.05, 3.63) is 59.0 Å². The van der Waals surface area contributed by atoms with Crippen LogP contribution in [0.2, 0.25) is 0 Å². The van der Waals surface area contributed by atoms with Gasteiger partial charge in [-0.2, -0.15) is 0 Å². The van der Waals surface area contributed by atoms with Crippen molar-refractivity contribution in [2.24, 2.45) is 5.11 Å². The molecule has 2 heterocycles. The van der Waals surface area contributed by atoms with E-state index in [0.717, 1.165) is 33.4 Å². The van der Waals surface area contributed by atoms with E-state index in [9.17, 15) is 29.5 Å². The molecule has 2 fully saturated rings. The van der Waals surface area contributed by atoms with Crippen LogP contribution >= 0.6 is 0 Å². The molecule has 3 rings (SSSR count). The molecule has 0 spiro atoms. The normalized spacial score (nSPS) is 28.6. The van der Waals surface area contributed by atoms with Gasteiger partial charge in [-0.25, -0.2) is 4.79 Å².